The molecule has 0 fully saturated rings. The minimum absolute atomic E-state index is 0.208. The zero-order chi connectivity index (χ0) is 10.2. The van der Waals surface area contributed by atoms with Gasteiger partial charge in [0.1, 0.15) is 26.2 Å². The molecule has 0 aliphatic carbocycles. The van der Waals surface area contributed by atoms with Gasteiger partial charge in [0, 0.05) is 0 Å². The van der Waals surface area contributed by atoms with E-state index in [9.17, 15) is 0 Å². The van der Waals surface area contributed by atoms with Crippen LogP contribution >= 0.6 is 0 Å². The van der Waals surface area contributed by atoms with Crippen molar-refractivity contribution in [3.63, 3.8) is 0 Å². The molecule has 0 aliphatic heterocycles. The van der Waals surface area contributed by atoms with Gasteiger partial charge in [-0.2, -0.15) is 0 Å². The third-order valence-electron chi connectivity index (χ3n) is 2.01. The first-order chi connectivity index (χ1) is 6.79. The fourth-order valence-electron chi connectivity index (χ4n) is 1.27. The Bertz CT molecular complexity index is 222. The quantitative estimate of drug-likeness (QED) is 0.459. The van der Waals surface area contributed by atoms with Gasteiger partial charge in [0.05, 0.1) is 12.4 Å². The lowest BCUT2D eigenvalue weighted by Crippen LogP contribution is -2.95. The number of quaternary nitrogens is 2. The van der Waals surface area contributed by atoms with Gasteiger partial charge in [-0.1, -0.05) is 0 Å². The van der Waals surface area contributed by atoms with Crippen molar-refractivity contribution in [3.8, 4) is 0 Å². The topological polar surface area (TPSA) is 66.6 Å². The summed E-state index contributed by atoms with van der Waals surface area (Å²) in [5.41, 5.74) is 0. The summed E-state index contributed by atoms with van der Waals surface area (Å²) < 4.78 is 5.20. The van der Waals surface area contributed by atoms with Crippen molar-refractivity contribution in [1.29, 1.82) is 0 Å². The van der Waals surface area contributed by atoms with Crippen LogP contribution in [-0.4, -0.2) is 30.8 Å². The molecule has 0 aromatic carbocycles. The number of hydrogen-bond donors (Lipinski definition) is 3. The van der Waals surface area contributed by atoms with Crippen LogP contribution in [0.3, 0.4) is 0 Å². The highest BCUT2D eigenvalue weighted by Crippen LogP contribution is 1.95. The monoisotopic (exact) mass is 200 g/mol. The van der Waals surface area contributed by atoms with Gasteiger partial charge in [-0.25, -0.2) is 0 Å². The molecule has 1 heterocycles. The fraction of sp³-hybridized carbons (Fsp3) is 0.600. The molecular weight excluding hydrogens is 180 g/mol. The Morgan fingerprint density at radius 1 is 1.43 bits per heavy atom. The summed E-state index contributed by atoms with van der Waals surface area (Å²) in [7, 11) is 0. The van der Waals surface area contributed by atoms with Gasteiger partial charge < -0.3 is 20.2 Å². The van der Waals surface area contributed by atoms with Crippen LogP contribution in [0.1, 0.15) is 12.7 Å². The van der Waals surface area contributed by atoms with E-state index < -0.39 is 0 Å². The number of hydrogen-bond acceptors (Lipinski definition) is 2. The largest absolute Gasteiger partial charge is 0.463 e. The number of furan rings is 1. The Morgan fingerprint density at radius 3 is 2.86 bits per heavy atom. The molecule has 0 amide bonds. The molecule has 0 unspecified atom stereocenters. The van der Waals surface area contributed by atoms with Crippen molar-refractivity contribution in [2.45, 2.75) is 19.6 Å². The summed E-state index contributed by atoms with van der Waals surface area (Å²) in [6.07, 6.45) is 1.49. The van der Waals surface area contributed by atoms with E-state index in [1.54, 1.807) is 6.26 Å². The maximum atomic E-state index is 9.00. The van der Waals surface area contributed by atoms with Gasteiger partial charge in [0.2, 0.25) is 0 Å². The SMILES string of the molecule is C[C@H](O)C[NH2+]CC[NH2+]Cc1ccco1. The summed E-state index contributed by atoms with van der Waals surface area (Å²) in [5.74, 6) is 1.01. The molecule has 4 nitrogen and oxygen atoms in total. The molecule has 0 radical (unpaired) electrons. The van der Waals surface area contributed by atoms with Crippen molar-refractivity contribution < 1.29 is 20.2 Å². The highest BCUT2D eigenvalue weighted by molar-refractivity contribution is 4.95. The van der Waals surface area contributed by atoms with Gasteiger partial charge in [-0.15, -0.1) is 0 Å². The zero-order valence-corrected chi connectivity index (χ0v) is 8.65. The minimum Gasteiger partial charge on any atom is -0.463 e. The summed E-state index contributed by atoms with van der Waals surface area (Å²) in [5, 5.41) is 13.3. The standard InChI is InChI=1S/C10H18N2O2/c1-9(13)7-11-4-5-12-8-10-3-2-6-14-10/h2-3,6,9,11-13H,4-5,7-8H2,1H3/p+2/t9-/m0/s1. The van der Waals surface area contributed by atoms with E-state index in [4.69, 9.17) is 9.52 Å². The average Bonchev–Trinajstić information content (AvgIpc) is 2.63. The van der Waals surface area contributed by atoms with Crippen LogP contribution in [0.25, 0.3) is 0 Å². The molecule has 1 atom stereocenters. The van der Waals surface area contributed by atoms with E-state index in [0.717, 1.165) is 31.9 Å². The van der Waals surface area contributed by atoms with E-state index in [0.29, 0.717) is 0 Å². The van der Waals surface area contributed by atoms with Gasteiger partial charge in [0.15, 0.2) is 5.76 Å². The predicted octanol–water partition coefficient (Wildman–Crippen LogP) is -1.71. The zero-order valence-electron chi connectivity index (χ0n) is 8.65. The Morgan fingerprint density at radius 2 is 2.21 bits per heavy atom. The second-order valence-corrected chi connectivity index (χ2v) is 3.52. The van der Waals surface area contributed by atoms with Gasteiger partial charge in [0.25, 0.3) is 0 Å². The molecule has 1 aromatic rings. The van der Waals surface area contributed by atoms with Crippen molar-refractivity contribution in [2.75, 3.05) is 19.6 Å². The highest BCUT2D eigenvalue weighted by Gasteiger charge is 2.00. The van der Waals surface area contributed by atoms with Crippen LogP contribution < -0.4 is 10.6 Å². The Kier molecular flexibility index (Phi) is 5.29. The lowest BCUT2D eigenvalue weighted by atomic mass is 10.4. The normalized spacial score (nSPS) is 13.0. The van der Waals surface area contributed by atoms with Gasteiger partial charge >= 0.3 is 0 Å². The second-order valence-electron chi connectivity index (χ2n) is 3.52. The summed E-state index contributed by atoms with van der Waals surface area (Å²) >= 11 is 0. The minimum atomic E-state index is -0.208. The van der Waals surface area contributed by atoms with E-state index in [-0.39, 0.29) is 6.10 Å². The molecule has 14 heavy (non-hydrogen) atoms. The van der Waals surface area contributed by atoms with Crippen molar-refractivity contribution >= 4 is 0 Å². The van der Waals surface area contributed by atoms with Gasteiger partial charge in [-0.05, 0) is 19.1 Å². The van der Waals surface area contributed by atoms with Crippen LogP contribution in [0.5, 0.6) is 0 Å². The predicted molar refractivity (Wildman–Crippen MR) is 52.5 cm³/mol. The molecule has 0 bridgehead atoms. The Balaban J connectivity index is 1.90. The van der Waals surface area contributed by atoms with Crippen LogP contribution in [0.4, 0.5) is 0 Å². The number of nitrogens with two attached hydrogens (primary N) is 2. The van der Waals surface area contributed by atoms with Crippen LogP contribution in [0, 0.1) is 0 Å². The molecule has 4 heteroatoms. The molecule has 5 N–H and O–H groups in total. The second kappa shape index (κ2) is 6.59. The van der Waals surface area contributed by atoms with Crippen LogP contribution in [0.2, 0.25) is 0 Å². The smallest absolute Gasteiger partial charge is 0.157 e. The van der Waals surface area contributed by atoms with Crippen molar-refractivity contribution in [3.05, 3.63) is 24.2 Å². The van der Waals surface area contributed by atoms with E-state index in [2.05, 4.69) is 10.6 Å². The first-order valence-corrected chi connectivity index (χ1v) is 5.13. The summed E-state index contributed by atoms with van der Waals surface area (Å²) in [6.45, 7) is 5.58. The van der Waals surface area contributed by atoms with E-state index in [1.165, 1.54) is 0 Å². The van der Waals surface area contributed by atoms with Crippen LogP contribution in [-0.2, 0) is 6.54 Å². The van der Waals surface area contributed by atoms with E-state index in [1.807, 2.05) is 19.1 Å². The molecule has 1 rings (SSSR count). The maximum Gasteiger partial charge on any atom is 0.157 e. The Hall–Kier alpha value is -0.840. The molecule has 0 spiro atoms. The van der Waals surface area contributed by atoms with E-state index >= 15 is 0 Å². The maximum absolute atomic E-state index is 9.00. The molecule has 80 valence electrons. The van der Waals surface area contributed by atoms with Crippen LogP contribution in [0.15, 0.2) is 22.8 Å². The average molecular weight is 200 g/mol. The molecule has 0 saturated heterocycles. The first kappa shape index (κ1) is 11.2. The molecule has 1 aromatic heterocycles. The van der Waals surface area contributed by atoms with Gasteiger partial charge in [-0.3, -0.25) is 0 Å². The highest BCUT2D eigenvalue weighted by atomic mass is 16.3. The lowest BCUT2D eigenvalue weighted by Gasteiger charge is -2.02. The third-order valence-corrected chi connectivity index (χ3v) is 2.01. The molecule has 0 saturated carbocycles. The van der Waals surface area contributed by atoms with Crippen molar-refractivity contribution in [1.82, 2.24) is 0 Å². The molecular formula is C10H20N2O2+2. The number of aliphatic hydroxyl groups is 1. The molecule has 0 aliphatic rings. The summed E-state index contributed by atoms with van der Waals surface area (Å²) in [6, 6.07) is 3.89. The number of rotatable bonds is 7. The Labute approximate surface area is 84.3 Å². The first-order valence-electron chi connectivity index (χ1n) is 5.13. The summed E-state index contributed by atoms with van der Waals surface area (Å²) in [4.78, 5) is 0. The third kappa shape index (κ3) is 5.01. The number of aliphatic hydroxyl groups excluding tert-OH is 1. The lowest BCUT2D eigenvalue weighted by molar-refractivity contribution is -0.733. The fourth-order valence-corrected chi connectivity index (χ4v) is 1.27. The van der Waals surface area contributed by atoms with Crippen molar-refractivity contribution in [2.24, 2.45) is 0 Å².